The third kappa shape index (κ3) is 4.44. The van der Waals surface area contributed by atoms with Gasteiger partial charge in [-0.2, -0.15) is 5.10 Å². The maximum Gasteiger partial charge on any atom is 0.240 e. The van der Waals surface area contributed by atoms with Gasteiger partial charge >= 0.3 is 0 Å². The number of aromatic hydroxyl groups is 1. The molecule has 4 aromatic rings. The number of amides is 1. The lowest BCUT2D eigenvalue weighted by Crippen LogP contribution is -2.64. The second-order valence-corrected chi connectivity index (χ2v) is 11.2. The summed E-state index contributed by atoms with van der Waals surface area (Å²) in [6.07, 6.45) is 1.38. The van der Waals surface area contributed by atoms with Crippen LogP contribution in [0.15, 0.2) is 24.3 Å². The van der Waals surface area contributed by atoms with Crippen molar-refractivity contribution in [2.75, 3.05) is 27.2 Å². The van der Waals surface area contributed by atoms with Crippen molar-refractivity contribution >= 4 is 16.8 Å². The maximum absolute atomic E-state index is 13.5. The van der Waals surface area contributed by atoms with E-state index in [9.17, 15) is 9.90 Å². The summed E-state index contributed by atoms with van der Waals surface area (Å²) in [5.41, 5.74) is 6.45. The molecular formula is C30H35N7O2. The number of nitrogens with zero attached hydrogens (tertiary/aromatic N) is 5. The van der Waals surface area contributed by atoms with Crippen LogP contribution in [0.3, 0.4) is 0 Å². The number of aryl methyl sites for hydroxylation is 1. The first-order chi connectivity index (χ1) is 18.7. The SMILES string of the molecule is CCc1cc(O)ccc1-c1c#cc2c(-c3nc4c([nH]3)CN(C(C)C)[C@H](C(=O)N3CC(N(C)C)C3)C4)n[nH]c2c1. The highest BCUT2D eigenvalue weighted by atomic mass is 16.3. The molecule has 6 rings (SSSR count). The number of carbonyl (C=O) groups is 1. The molecule has 39 heavy (non-hydrogen) atoms. The van der Waals surface area contributed by atoms with E-state index in [0.717, 1.165) is 58.5 Å². The zero-order valence-electron chi connectivity index (χ0n) is 23.2. The van der Waals surface area contributed by atoms with E-state index in [4.69, 9.17) is 4.98 Å². The third-order valence-corrected chi connectivity index (χ3v) is 8.23. The van der Waals surface area contributed by atoms with Crippen molar-refractivity contribution < 1.29 is 9.90 Å². The average Bonchev–Trinajstić information content (AvgIpc) is 3.49. The van der Waals surface area contributed by atoms with Crippen LogP contribution in [0.5, 0.6) is 5.75 Å². The molecule has 202 valence electrons. The third-order valence-electron chi connectivity index (χ3n) is 8.23. The number of imidazole rings is 1. The number of rotatable bonds is 6. The van der Waals surface area contributed by atoms with Crippen molar-refractivity contribution in [3.8, 4) is 28.4 Å². The number of phenolic OH excluding ortho intramolecular Hbond substituents is 1. The Hall–Kier alpha value is -3.87. The summed E-state index contributed by atoms with van der Waals surface area (Å²) in [4.78, 5) is 28.3. The summed E-state index contributed by atoms with van der Waals surface area (Å²) in [6.45, 7) is 8.56. The summed E-state index contributed by atoms with van der Waals surface area (Å²) in [5, 5.41) is 18.4. The number of likely N-dealkylation sites (tertiary alicyclic amines) is 1. The molecule has 1 atom stereocenters. The van der Waals surface area contributed by atoms with Gasteiger partial charge in [0.05, 0.1) is 28.3 Å². The molecule has 4 heterocycles. The molecule has 0 saturated carbocycles. The van der Waals surface area contributed by atoms with Gasteiger partial charge in [-0.15, -0.1) is 0 Å². The van der Waals surface area contributed by atoms with E-state index < -0.39 is 0 Å². The van der Waals surface area contributed by atoms with Crippen molar-refractivity contribution in [2.24, 2.45) is 0 Å². The van der Waals surface area contributed by atoms with Crippen molar-refractivity contribution in [2.45, 2.75) is 58.3 Å². The highest BCUT2D eigenvalue weighted by Crippen LogP contribution is 2.32. The van der Waals surface area contributed by atoms with Crippen LogP contribution in [-0.2, 0) is 24.2 Å². The number of carbonyl (C=O) groups excluding carboxylic acids is 1. The number of benzene rings is 1. The molecule has 2 aliphatic rings. The van der Waals surface area contributed by atoms with Crippen LogP contribution in [-0.4, -0.2) is 91.2 Å². The van der Waals surface area contributed by atoms with Crippen LogP contribution in [0.25, 0.3) is 33.5 Å². The normalized spacial score (nSPS) is 18.0. The molecule has 1 saturated heterocycles. The number of nitrogens with one attached hydrogen (secondary N) is 2. The van der Waals surface area contributed by atoms with E-state index >= 15 is 0 Å². The molecule has 2 aliphatic heterocycles. The maximum atomic E-state index is 13.5. The first kappa shape index (κ1) is 25.4. The largest absolute Gasteiger partial charge is 0.508 e. The Morgan fingerprint density at radius 1 is 1.23 bits per heavy atom. The first-order valence-electron chi connectivity index (χ1n) is 13.7. The van der Waals surface area contributed by atoms with E-state index in [1.54, 1.807) is 12.1 Å². The molecule has 0 radical (unpaired) electrons. The van der Waals surface area contributed by atoms with Crippen LogP contribution >= 0.6 is 0 Å². The van der Waals surface area contributed by atoms with E-state index in [1.165, 1.54) is 0 Å². The standard InChI is InChI=1S/C30H35N7O2/c1-6-18-11-21(38)8-10-22(18)19-7-9-23-24(12-19)33-34-28(23)29-31-25-13-27(37(17(2)3)16-26(25)32-29)30(39)36-14-20(15-36)35(4)5/h8,10-12,17,20,27,38H,6,13-16H2,1-5H3,(H,31,32)(H,33,34)/t27-/m0/s1. The monoisotopic (exact) mass is 525 g/mol. The van der Waals surface area contributed by atoms with E-state index in [-0.39, 0.29) is 23.7 Å². The molecule has 9 nitrogen and oxygen atoms in total. The number of hydrogen-bond acceptors (Lipinski definition) is 6. The predicted octanol–water partition coefficient (Wildman–Crippen LogP) is 3.40. The Balaban J connectivity index is 1.28. The summed E-state index contributed by atoms with van der Waals surface area (Å²) < 4.78 is 0. The Labute approximate surface area is 228 Å². The van der Waals surface area contributed by atoms with Crippen molar-refractivity contribution in [3.63, 3.8) is 0 Å². The van der Waals surface area contributed by atoms with Crippen molar-refractivity contribution in [1.82, 2.24) is 34.9 Å². The van der Waals surface area contributed by atoms with E-state index in [0.29, 0.717) is 30.5 Å². The molecule has 9 heteroatoms. The van der Waals surface area contributed by atoms with E-state index in [2.05, 4.69) is 72.0 Å². The number of likely N-dealkylation sites (N-methyl/N-ethyl adjacent to an activating group) is 1. The number of aromatic amines is 2. The van der Waals surface area contributed by atoms with Gasteiger partial charge in [-0.1, -0.05) is 19.1 Å². The Morgan fingerprint density at radius 3 is 2.74 bits per heavy atom. The fourth-order valence-corrected chi connectivity index (χ4v) is 5.74. The molecule has 0 bridgehead atoms. The van der Waals surface area contributed by atoms with Crippen LogP contribution < -0.4 is 0 Å². The molecule has 2 aromatic heterocycles. The second kappa shape index (κ2) is 9.70. The highest BCUT2D eigenvalue weighted by Gasteiger charge is 2.41. The fourth-order valence-electron chi connectivity index (χ4n) is 5.74. The van der Waals surface area contributed by atoms with Crippen molar-refractivity contribution in [3.05, 3.63) is 53.3 Å². The quantitative estimate of drug-likeness (QED) is 0.357. The minimum absolute atomic E-state index is 0.193. The van der Waals surface area contributed by atoms with Crippen LogP contribution in [0, 0.1) is 12.1 Å². The lowest BCUT2D eigenvalue weighted by Gasteiger charge is -2.46. The van der Waals surface area contributed by atoms with Gasteiger partial charge in [0, 0.05) is 43.7 Å². The van der Waals surface area contributed by atoms with Crippen LogP contribution in [0.1, 0.15) is 37.7 Å². The summed E-state index contributed by atoms with van der Waals surface area (Å²) >= 11 is 0. The van der Waals surface area contributed by atoms with Gasteiger partial charge in [-0.3, -0.25) is 14.8 Å². The zero-order chi connectivity index (χ0) is 27.4. The van der Waals surface area contributed by atoms with Crippen LogP contribution in [0.2, 0.25) is 0 Å². The van der Waals surface area contributed by atoms with Gasteiger partial charge in [-0.25, -0.2) is 4.98 Å². The Kier molecular flexibility index (Phi) is 6.32. The highest BCUT2D eigenvalue weighted by molar-refractivity contribution is 5.92. The topological polar surface area (TPSA) is 104 Å². The molecule has 0 unspecified atom stereocenters. The zero-order valence-corrected chi connectivity index (χ0v) is 23.2. The fraction of sp³-hybridized carbons (Fsp3) is 0.433. The minimum Gasteiger partial charge on any atom is -0.508 e. The molecule has 2 aromatic carbocycles. The minimum atomic E-state index is -0.215. The lowest BCUT2D eigenvalue weighted by molar-refractivity contribution is -0.145. The van der Waals surface area contributed by atoms with Gasteiger partial charge < -0.3 is 19.9 Å². The summed E-state index contributed by atoms with van der Waals surface area (Å²) in [5.74, 6) is 1.13. The number of H-pyrrole nitrogens is 2. The number of hydrogen-bond donors (Lipinski definition) is 3. The van der Waals surface area contributed by atoms with Crippen molar-refractivity contribution in [1.29, 1.82) is 0 Å². The molecule has 1 fully saturated rings. The molecule has 0 spiro atoms. The second-order valence-electron chi connectivity index (χ2n) is 11.2. The Bertz CT molecular complexity index is 1530. The summed E-state index contributed by atoms with van der Waals surface area (Å²) in [6, 6.07) is 14.4. The first-order valence-corrected chi connectivity index (χ1v) is 13.7. The van der Waals surface area contributed by atoms with Gasteiger partial charge in [0.2, 0.25) is 5.91 Å². The van der Waals surface area contributed by atoms with Crippen LogP contribution in [0.4, 0.5) is 0 Å². The average molecular weight is 526 g/mol. The number of aromatic nitrogens is 4. The molecule has 3 N–H and O–H groups in total. The van der Waals surface area contributed by atoms with Gasteiger partial charge in [0.15, 0.2) is 5.82 Å². The smallest absolute Gasteiger partial charge is 0.240 e. The lowest BCUT2D eigenvalue weighted by atomic mass is 9.97. The molecular weight excluding hydrogens is 490 g/mol. The summed E-state index contributed by atoms with van der Waals surface area (Å²) in [7, 11) is 4.13. The predicted molar refractivity (Wildman–Crippen MR) is 150 cm³/mol. The van der Waals surface area contributed by atoms with E-state index in [1.807, 2.05) is 17.0 Å². The Morgan fingerprint density at radius 2 is 2.03 bits per heavy atom. The van der Waals surface area contributed by atoms with Gasteiger partial charge in [0.1, 0.15) is 11.4 Å². The molecule has 1 amide bonds. The van der Waals surface area contributed by atoms with Gasteiger partial charge in [-0.05, 0) is 69.8 Å². The number of fused-ring (bicyclic) bond motifs is 2. The number of phenols is 1. The molecule has 0 aliphatic carbocycles. The van der Waals surface area contributed by atoms with Gasteiger partial charge in [0.25, 0.3) is 0 Å².